The summed E-state index contributed by atoms with van der Waals surface area (Å²) in [6.45, 7) is 0.533. The van der Waals surface area contributed by atoms with Crippen LogP contribution in [0.5, 0.6) is 0 Å². The molecule has 1 unspecified atom stereocenters. The van der Waals surface area contributed by atoms with Crippen LogP contribution < -0.4 is 5.32 Å². The number of rotatable bonds is 7. The van der Waals surface area contributed by atoms with Gasteiger partial charge in [-0.15, -0.1) is 0 Å². The van der Waals surface area contributed by atoms with E-state index < -0.39 is 12.0 Å². The molecule has 132 valence electrons. The average molecular weight is 349 g/mol. The van der Waals surface area contributed by atoms with Crippen molar-refractivity contribution in [2.45, 2.75) is 19.0 Å². The molecule has 0 fully saturated rings. The fourth-order valence-electron chi connectivity index (χ4n) is 2.67. The molecule has 26 heavy (non-hydrogen) atoms. The van der Waals surface area contributed by atoms with Gasteiger partial charge in [-0.1, -0.05) is 60.7 Å². The maximum atomic E-state index is 12.2. The number of nitrogens with zero attached hydrogens (tertiary/aromatic N) is 2. The number of hydrogen-bond acceptors (Lipinski definition) is 3. The summed E-state index contributed by atoms with van der Waals surface area (Å²) in [6.07, 6.45) is 3.25. The summed E-state index contributed by atoms with van der Waals surface area (Å²) < 4.78 is 1.66. The highest BCUT2D eigenvalue weighted by Crippen LogP contribution is 2.14. The Morgan fingerprint density at radius 2 is 1.62 bits per heavy atom. The Hall–Kier alpha value is -3.41. The second-order valence-electron chi connectivity index (χ2n) is 5.96. The third-order valence-corrected chi connectivity index (χ3v) is 3.93. The van der Waals surface area contributed by atoms with Crippen LogP contribution in [0.25, 0.3) is 0 Å². The molecule has 6 heteroatoms. The van der Waals surface area contributed by atoms with Gasteiger partial charge in [0.2, 0.25) is 5.91 Å². The number of aromatic nitrogens is 2. The molecule has 0 bridgehead atoms. The quantitative estimate of drug-likeness (QED) is 0.686. The molecule has 0 spiro atoms. The molecule has 0 saturated carbocycles. The first kappa shape index (κ1) is 17.4. The number of carboxylic acid groups (broad SMARTS) is 1. The maximum absolute atomic E-state index is 12.2. The van der Waals surface area contributed by atoms with E-state index in [2.05, 4.69) is 10.4 Å². The van der Waals surface area contributed by atoms with E-state index in [-0.39, 0.29) is 12.3 Å². The largest absolute Gasteiger partial charge is 0.479 e. The van der Waals surface area contributed by atoms with Crippen molar-refractivity contribution in [1.29, 1.82) is 0 Å². The topological polar surface area (TPSA) is 84.2 Å². The number of amides is 1. The molecule has 1 heterocycles. The summed E-state index contributed by atoms with van der Waals surface area (Å²) in [4.78, 5) is 23.8. The van der Waals surface area contributed by atoms with Crippen LogP contribution in [0.2, 0.25) is 0 Å². The molecule has 0 saturated heterocycles. The van der Waals surface area contributed by atoms with Crippen LogP contribution in [0.3, 0.4) is 0 Å². The Balaban J connectivity index is 1.68. The van der Waals surface area contributed by atoms with Crippen molar-refractivity contribution in [2.75, 3.05) is 0 Å². The summed E-state index contributed by atoms with van der Waals surface area (Å²) in [5.41, 5.74) is 2.32. The predicted molar refractivity (Wildman–Crippen MR) is 96.4 cm³/mol. The third-order valence-electron chi connectivity index (χ3n) is 3.93. The number of carbonyl (C=O) groups is 2. The van der Waals surface area contributed by atoms with Crippen LogP contribution in [-0.2, 0) is 22.6 Å². The van der Waals surface area contributed by atoms with Crippen molar-refractivity contribution in [1.82, 2.24) is 15.1 Å². The van der Waals surface area contributed by atoms with Gasteiger partial charge in [-0.25, -0.2) is 4.79 Å². The van der Waals surface area contributed by atoms with E-state index in [1.165, 1.54) is 6.20 Å². The van der Waals surface area contributed by atoms with Gasteiger partial charge < -0.3 is 10.4 Å². The van der Waals surface area contributed by atoms with Crippen molar-refractivity contribution < 1.29 is 14.7 Å². The molecule has 0 aliphatic carbocycles. The Labute approximate surface area is 151 Å². The second-order valence-corrected chi connectivity index (χ2v) is 5.96. The molecule has 3 aromatic rings. The van der Waals surface area contributed by atoms with Gasteiger partial charge in [0.25, 0.3) is 0 Å². The molecule has 3 rings (SSSR count). The zero-order chi connectivity index (χ0) is 18.4. The van der Waals surface area contributed by atoms with E-state index in [0.29, 0.717) is 12.1 Å². The Bertz CT molecular complexity index is 876. The molecule has 0 aliphatic heterocycles. The maximum Gasteiger partial charge on any atom is 0.331 e. The molecular weight excluding hydrogens is 330 g/mol. The molecule has 1 aromatic heterocycles. The molecule has 6 nitrogen and oxygen atoms in total. The summed E-state index contributed by atoms with van der Waals surface area (Å²) in [5, 5.41) is 16.3. The van der Waals surface area contributed by atoms with Crippen LogP contribution in [0, 0.1) is 0 Å². The lowest BCUT2D eigenvalue weighted by Crippen LogP contribution is -2.34. The van der Waals surface area contributed by atoms with E-state index in [4.69, 9.17) is 0 Å². The van der Waals surface area contributed by atoms with Crippen molar-refractivity contribution in [3.8, 4) is 0 Å². The summed E-state index contributed by atoms with van der Waals surface area (Å²) >= 11 is 0. The highest BCUT2D eigenvalue weighted by atomic mass is 16.4. The lowest BCUT2D eigenvalue weighted by Gasteiger charge is -2.13. The zero-order valence-corrected chi connectivity index (χ0v) is 14.1. The van der Waals surface area contributed by atoms with Gasteiger partial charge in [-0.05, 0) is 11.1 Å². The fourth-order valence-corrected chi connectivity index (χ4v) is 2.67. The highest BCUT2D eigenvalue weighted by Gasteiger charge is 2.23. The lowest BCUT2D eigenvalue weighted by atomic mass is 10.1. The van der Waals surface area contributed by atoms with Crippen molar-refractivity contribution in [3.05, 3.63) is 89.7 Å². The first-order valence-electron chi connectivity index (χ1n) is 8.24. The molecule has 2 aromatic carbocycles. The van der Waals surface area contributed by atoms with Gasteiger partial charge in [0.15, 0.2) is 6.04 Å². The SMILES string of the molecule is O=C(Cc1ccccc1)NC(C(=O)O)c1cnn(Cc2ccccc2)c1. The molecule has 0 radical (unpaired) electrons. The van der Waals surface area contributed by atoms with Crippen LogP contribution in [-0.4, -0.2) is 26.8 Å². The summed E-state index contributed by atoms with van der Waals surface area (Å²) in [5.74, 6) is -1.47. The smallest absolute Gasteiger partial charge is 0.331 e. The van der Waals surface area contributed by atoms with E-state index in [1.54, 1.807) is 10.9 Å². The van der Waals surface area contributed by atoms with E-state index >= 15 is 0 Å². The van der Waals surface area contributed by atoms with Crippen LogP contribution in [0.4, 0.5) is 0 Å². The number of carboxylic acids is 1. The van der Waals surface area contributed by atoms with E-state index in [1.807, 2.05) is 60.7 Å². The van der Waals surface area contributed by atoms with E-state index in [9.17, 15) is 14.7 Å². The Morgan fingerprint density at radius 1 is 1.00 bits per heavy atom. The first-order chi connectivity index (χ1) is 12.6. The summed E-state index contributed by atoms with van der Waals surface area (Å²) in [6, 6.07) is 17.8. The number of aliphatic carboxylic acids is 1. The minimum atomic E-state index is -1.13. The first-order valence-corrected chi connectivity index (χ1v) is 8.24. The molecule has 0 aliphatic rings. The number of hydrogen-bond donors (Lipinski definition) is 2. The molecule has 1 amide bonds. The van der Waals surface area contributed by atoms with Crippen molar-refractivity contribution in [2.24, 2.45) is 0 Å². The minimum absolute atomic E-state index is 0.128. The van der Waals surface area contributed by atoms with E-state index in [0.717, 1.165) is 11.1 Å². The van der Waals surface area contributed by atoms with Crippen molar-refractivity contribution >= 4 is 11.9 Å². The predicted octanol–water partition coefficient (Wildman–Crippen LogP) is 2.42. The summed E-state index contributed by atoms with van der Waals surface area (Å²) in [7, 11) is 0. The monoisotopic (exact) mass is 349 g/mol. The third kappa shape index (κ3) is 4.57. The fraction of sp³-hybridized carbons (Fsp3) is 0.150. The number of nitrogens with one attached hydrogen (secondary N) is 1. The average Bonchev–Trinajstić information content (AvgIpc) is 3.09. The molecular formula is C20H19N3O3. The Morgan fingerprint density at radius 3 is 2.23 bits per heavy atom. The zero-order valence-electron chi connectivity index (χ0n) is 14.1. The lowest BCUT2D eigenvalue weighted by molar-refractivity contribution is -0.141. The normalized spacial score (nSPS) is 11.7. The second kappa shape index (κ2) is 8.11. The Kier molecular flexibility index (Phi) is 5.43. The van der Waals surface area contributed by atoms with Gasteiger partial charge in [0.05, 0.1) is 19.2 Å². The minimum Gasteiger partial charge on any atom is -0.479 e. The van der Waals surface area contributed by atoms with Crippen LogP contribution in [0.1, 0.15) is 22.7 Å². The van der Waals surface area contributed by atoms with Crippen LogP contribution in [0.15, 0.2) is 73.1 Å². The van der Waals surface area contributed by atoms with Gasteiger partial charge in [0.1, 0.15) is 0 Å². The van der Waals surface area contributed by atoms with Gasteiger partial charge in [-0.3, -0.25) is 9.48 Å². The van der Waals surface area contributed by atoms with Crippen molar-refractivity contribution in [3.63, 3.8) is 0 Å². The van der Waals surface area contributed by atoms with Crippen LogP contribution >= 0.6 is 0 Å². The molecule has 1 atom stereocenters. The van der Waals surface area contributed by atoms with Gasteiger partial charge in [0, 0.05) is 11.8 Å². The standard InChI is InChI=1S/C20H19N3O3/c24-18(11-15-7-3-1-4-8-15)22-19(20(25)26)17-12-21-23(14-17)13-16-9-5-2-6-10-16/h1-10,12,14,19H,11,13H2,(H,22,24)(H,25,26). The van der Waals surface area contributed by atoms with Gasteiger partial charge in [-0.2, -0.15) is 5.10 Å². The molecule has 2 N–H and O–H groups in total. The van der Waals surface area contributed by atoms with Gasteiger partial charge >= 0.3 is 5.97 Å². The number of carbonyl (C=O) groups excluding carboxylic acids is 1. The number of benzene rings is 2. The highest BCUT2D eigenvalue weighted by molar-refractivity contribution is 5.85.